The van der Waals surface area contributed by atoms with Crippen LogP contribution in [0.5, 0.6) is 0 Å². The number of alkyl halides is 5. The fourth-order valence-electron chi connectivity index (χ4n) is 1.56. The van der Waals surface area contributed by atoms with Crippen LogP contribution in [0.3, 0.4) is 0 Å². The minimum absolute atomic E-state index is 0.0341. The van der Waals surface area contributed by atoms with Crippen LogP contribution >= 0.6 is 69.6 Å². The van der Waals surface area contributed by atoms with E-state index in [2.05, 4.69) is 17.2 Å². The Balaban J connectivity index is 2.92. The van der Waals surface area contributed by atoms with E-state index >= 15 is 0 Å². The molecule has 1 aromatic heterocycles. The van der Waals surface area contributed by atoms with Gasteiger partial charge in [0.1, 0.15) is 5.69 Å². The molecule has 0 aliphatic heterocycles. The summed E-state index contributed by atoms with van der Waals surface area (Å²) >= 11 is 35.5. The highest BCUT2D eigenvalue weighted by atomic mass is 35.6. The molecule has 0 atom stereocenters. The van der Waals surface area contributed by atoms with Crippen molar-refractivity contribution in [2.75, 3.05) is 0 Å². The third-order valence-corrected chi connectivity index (χ3v) is 5.18. The Kier molecular flexibility index (Phi) is 6.83. The zero-order chi connectivity index (χ0) is 14.7. The molecule has 0 amide bonds. The molecular formula is C10H13Cl6N3. The second kappa shape index (κ2) is 7.24. The largest absolute Gasteiger partial charge is 0.245 e. The van der Waals surface area contributed by atoms with E-state index in [1.165, 1.54) is 4.68 Å². The first-order valence-corrected chi connectivity index (χ1v) is 8.02. The van der Waals surface area contributed by atoms with Crippen LogP contribution in [0.25, 0.3) is 0 Å². The first kappa shape index (κ1) is 17.9. The molecule has 1 rings (SSSR count). The fraction of sp³-hybridized carbons (Fsp3) is 0.800. The Hall–Kier alpha value is 0.880. The van der Waals surface area contributed by atoms with Crippen LogP contribution in [-0.4, -0.2) is 18.8 Å². The van der Waals surface area contributed by atoms with E-state index in [0.29, 0.717) is 6.54 Å². The van der Waals surface area contributed by atoms with Crippen molar-refractivity contribution in [2.45, 2.75) is 47.3 Å². The van der Waals surface area contributed by atoms with Gasteiger partial charge in [-0.3, -0.25) is 0 Å². The summed E-state index contributed by atoms with van der Waals surface area (Å²) in [5, 5.41) is 7.65. The van der Waals surface area contributed by atoms with E-state index in [1.54, 1.807) is 0 Å². The van der Waals surface area contributed by atoms with Crippen LogP contribution in [0.4, 0.5) is 0 Å². The lowest BCUT2D eigenvalue weighted by molar-refractivity contribution is 0.504. The standard InChI is InChI=1S/C10H13Cl6N3/c1-2-3-4-5-6-19-7(8(11)17-18-19)9(12,13)10(14,15)16/h2-6H2,1H3. The van der Waals surface area contributed by atoms with E-state index in [0.717, 1.165) is 25.7 Å². The Morgan fingerprint density at radius 2 is 1.68 bits per heavy atom. The second-order valence-electron chi connectivity index (χ2n) is 4.08. The van der Waals surface area contributed by atoms with Gasteiger partial charge in [0.2, 0.25) is 8.13 Å². The molecular weight excluding hydrogens is 375 g/mol. The molecule has 1 heterocycles. The maximum Gasteiger partial charge on any atom is 0.228 e. The van der Waals surface area contributed by atoms with Crippen LogP contribution in [0.1, 0.15) is 38.3 Å². The first-order valence-electron chi connectivity index (χ1n) is 5.75. The van der Waals surface area contributed by atoms with E-state index in [9.17, 15) is 0 Å². The van der Waals surface area contributed by atoms with Crippen molar-refractivity contribution in [1.29, 1.82) is 0 Å². The highest BCUT2D eigenvalue weighted by Crippen LogP contribution is 2.54. The van der Waals surface area contributed by atoms with Crippen molar-refractivity contribution in [3.05, 3.63) is 10.8 Å². The lowest BCUT2D eigenvalue weighted by Gasteiger charge is -2.27. The van der Waals surface area contributed by atoms with Gasteiger partial charge in [-0.2, -0.15) is 0 Å². The number of hydrogen-bond donors (Lipinski definition) is 0. The average Bonchev–Trinajstić information content (AvgIpc) is 2.65. The third kappa shape index (κ3) is 4.42. The Bertz CT molecular complexity index is 412. The summed E-state index contributed by atoms with van der Waals surface area (Å²) < 4.78 is -2.27. The Labute approximate surface area is 142 Å². The zero-order valence-electron chi connectivity index (χ0n) is 10.1. The van der Waals surface area contributed by atoms with Gasteiger partial charge in [-0.25, -0.2) is 4.68 Å². The maximum atomic E-state index is 6.11. The molecule has 0 aliphatic carbocycles. The fourth-order valence-corrected chi connectivity index (χ4v) is 2.58. The van der Waals surface area contributed by atoms with Gasteiger partial charge in [0.25, 0.3) is 0 Å². The van der Waals surface area contributed by atoms with Crippen molar-refractivity contribution < 1.29 is 0 Å². The van der Waals surface area contributed by atoms with Gasteiger partial charge in [0, 0.05) is 6.54 Å². The van der Waals surface area contributed by atoms with Crippen molar-refractivity contribution in [1.82, 2.24) is 15.0 Å². The highest BCUT2D eigenvalue weighted by molar-refractivity contribution is 6.75. The van der Waals surface area contributed by atoms with Crippen molar-refractivity contribution in [3.63, 3.8) is 0 Å². The molecule has 1 aromatic rings. The number of unbranched alkanes of at least 4 members (excludes halogenated alkanes) is 3. The van der Waals surface area contributed by atoms with Gasteiger partial charge in [-0.15, -0.1) is 5.10 Å². The number of nitrogens with zero attached hydrogens (tertiary/aromatic N) is 3. The van der Waals surface area contributed by atoms with E-state index in [1.807, 2.05) is 0 Å². The lowest BCUT2D eigenvalue weighted by atomic mass is 10.2. The van der Waals surface area contributed by atoms with Crippen LogP contribution < -0.4 is 0 Å². The molecule has 0 radical (unpaired) electrons. The number of aromatic nitrogens is 3. The summed E-state index contributed by atoms with van der Waals surface area (Å²) in [4.78, 5) is 0. The summed E-state index contributed by atoms with van der Waals surface area (Å²) in [5.41, 5.74) is 0.203. The van der Waals surface area contributed by atoms with E-state index < -0.39 is 8.13 Å². The number of halogens is 6. The van der Waals surface area contributed by atoms with Crippen molar-refractivity contribution in [2.24, 2.45) is 0 Å². The van der Waals surface area contributed by atoms with Gasteiger partial charge < -0.3 is 0 Å². The second-order valence-corrected chi connectivity index (χ2v) is 8.05. The summed E-state index contributed by atoms with van der Waals surface area (Å²) in [5.74, 6) is 0. The highest BCUT2D eigenvalue weighted by Gasteiger charge is 2.51. The van der Waals surface area contributed by atoms with Gasteiger partial charge in [-0.05, 0) is 6.42 Å². The minimum Gasteiger partial charge on any atom is -0.245 e. The molecule has 9 heteroatoms. The molecule has 3 nitrogen and oxygen atoms in total. The summed E-state index contributed by atoms with van der Waals surface area (Å²) in [7, 11) is 0. The predicted octanol–water partition coefficient (Wildman–Crippen LogP) is 5.51. The minimum atomic E-state index is -1.94. The van der Waals surface area contributed by atoms with Crippen LogP contribution in [0.15, 0.2) is 0 Å². The van der Waals surface area contributed by atoms with Crippen molar-refractivity contribution >= 4 is 69.6 Å². The molecule has 0 aliphatic rings. The van der Waals surface area contributed by atoms with Crippen LogP contribution in [0.2, 0.25) is 5.15 Å². The smallest absolute Gasteiger partial charge is 0.228 e. The van der Waals surface area contributed by atoms with E-state index in [4.69, 9.17) is 69.6 Å². The molecule has 0 spiro atoms. The van der Waals surface area contributed by atoms with Crippen molar-refractivity contribution in [3.8, 4) is 0 Å². The zero-order valence-corrected chi connectivity index (χ0v) is 14.7. The Morgan fingerprint density at radius 3 is 2.21 bits per heavy atom. The molecule has 0 bridgehead atoms. The van der Waals surface area contributed by atoms with Crippen LogP contribution in [0, 0.1) is 0 Å². The quantitative estimate of drug-likeness (QED) is 0.475. The molecule has 0 saturated carbocycles. The van der Waals surface area contributed by atoms with Gasteiger partial charge in [0.15, 0.2) is 5.15 Å². The van der Waals surface area contributed by atoms with Crippen LogP contribution in [-0.2, 0) is 10.9 Å². The Morgan fingerprint density at radius 1 is 1.05 bits per heavy atom. The molecule has 0 unspecified atom stereocenters. The molecule has 0 fully saturated rings. The normalized spacial score (nSPS) is 13.0. The monoisotopic (exact) mass is 385 g/mol. The predicted molar refractivity (Wildman–Crippen MR) is 82.8 cm³/mol. The molecule has 0 N–H and O–H groups in total. The van der Waals surface area contributed by atoms with Gasteiger partial charge in [0.05, 0.1) is 0 Å². The topological polar surface area (TPSA) is 30.7 Å². The lowest BCUT2D eigenvalue weighted by Crippen LogP contribution is -2.31. The molecule has 110 valence electrons. The van der Waals surface area contributed by atoms with Gasteiger partial charge in [-0.1, -0.05) is 101 Å². The van der Waals surface area contributed by atoms with E-state index in [-0.39, 0.29) is 10.8 Å². The summed E-state index contributed by atoms with van der Waals surface area (Å²) in [6.45, 7) is 2.69. The molecule has 19 heavy (non-hydrogen) atoms. The SMILES string of the molecule is CCCCCCn1nnc(Cl)c1C(Cl)(Cl)C(Cl)(Cl)Cl. The molecule has 0 aromatic carbocycles. The first-order chi connectivity index (χ1) is 8.71. The molecule has 0 saturated heterocycles. The summed E-state index contributed by atoms with van der Waals surface area (Å²) in [6.07, 6.45) is 4.21. The third-order valence-electron chi connectivity index (χ3n) is 2.57. The number of hydrogen-bond acceptors (Lipinski definition) is 2. The maximum absolute atomic E-state index is 6.11. The number of aryl methyl sites for hydroxylation is 1. The number of rotatable bonds is 6. The average molecular weight is 388 g/mol. The summed E-state index contributed by atoms with van der Waals surface area (Å²) in [6, 6.07) is 0. The van der Waals surface area contributed by atoms with Gasteiger partial charge >= 0.3 is 0 Å².